The van der Waals surface area contributed by atoms with Gasteiger partial charge in [-0.3, -0.25) is 0 Å². The first-order chi connectivity index (χ1) is 6.59. The van der Waals surface area contributed by atoms with E-state index in [-0.39, 0.29) is 0 Å². The van der Waals surface area contributed by atoms with E-state index in [9.17, 15) is 0 Å². The van der Waals surface area contributed by atoms with E-state index in [0.29, 0.717) is 0 Å². The summed E-state index contributed by atoms with van der Waals surface area (Å²) in [5.41, 5.74) is 4.20. The normalized spacial score (nSPS) is 10.2. The lowest BCUT2D eigenvalue weighted by molar-refractivity contribution is 0.868. The van der Waals surface area contributed by atoms with E-state index >= 15 is 0 Å². The summed E-state index contributed by atoms with van der Waals surface area (Å²) in [6.07, 6.45) is 3.40. The van der Waals surface area contributed by atoms with Gasteiger partial charge in [0.25, 0.3) is 0 Å². The first kappa shape index (κ1) is 11.4. The van der Waals surface area contributed by atoms with Gasteiger partial charge in [0, 0.05) is 0 Å². The molecule has 0 unspecified atom stereocenters. The fraction of sp³-hybridized carbons (Fsp3) is 0.462. The third-order valence-corrected chi connectivity index (χ3v) is 2.77. The number of rotatable bonds is 4. The molecule has 1 rings (SSSR count). The molecule has 1 heteroatoms. The van der Waals surface area contributed by atoms with Gasteiger partial charge in [-0.2, -0.15) is 0 Å². The molecule has 0 nitrogen and oxygen atoms in total. The van der Waals surface area contributed by atoms with Gasteiger partial charge in [-0.15, -0.1) is 0 Å². The average Bonchev–Trinajstić information content (AvgIpc) is 2.10. The summed E-state index contributed by atoms with van der Waals surface area (Å²) in [7, 11) is 0. The molecule has 0 spiro atoms. The van der Waals surface area contributed by atoms with Crippen LogP contribution in [0.3, 0.4) is 0 Å². The summed E-state index contributed by atoms with van der Waals surface area (Å²) < 4.78 is 0. The van der Waals surface area contributed by atoms with Crippen LogP contribution in [-0.2, 0) is 6.42 Å². The Hall–Kier alpha value is -0.690. The highest BCUT2D eigenvalue weighted by atomic mass is 32.1. The zero-order valence-corrected chi connectivity index (χ0v) is 10.1. The van der Waals surface area contributed by atoms with E-state index in [4.69, 9.17) is 12.2 Å². The lowest BCUT2D eigenvalue weighted by atomic mass is 10.0. The Kier molecular flexibility index (Phi) is 4.27. The Balaban J connectivity index is 2.51. The van der Waals surface area contributed by atoms with Crippen LogP contribution >= 0.6 is 12.2 Å². The lowest BCUT2D eigenvalue weighted by Crippen LogP contribution is -1.92. The van der Waals surface area contributed by atoms with Gasteiger partial charge in [-0.05, 0) is 61.6 Å². The van der Waals surface area contributed by atoms with E-state index in [1.807, 2.05) is 6.92 Å². The van der Waals surface area contributed by atoms with Crippen molar-refractivity contribution in [2.75, 3.05) is 0 Å². The van der Waals surface area contributed by atoms with Gasteiger partial charge in [-0.25, -0.2) is 0 Å². The van der Waals surface area contributed by atoms with E-state index in [1.165, 1.54) is 23.1 Å². The molecule has 0 saturated carbocycles. The number of benzene rings is 1. The van der Waals surface area contributed by atoms with E-state index in [2.05, 4.69) is 32.0 Å². The molecule has 0 atom stereocenters. The molecule has 0 saturated heterocycles. The summed E-state index contributed by atoms with van der Waals surface area (Å²) in [5, 5.41) is 0. The summed E-state index contributed by atoms with van der Waals surface area (Å²) in [6.45, 7) is 6.35. The van der Waals surface area contributed by atoms with Crippen molar-refractivity contribution < 1.29 is 0 Å². The van der Waals surface area contributed by atoms with Crippen LogP contribution in [0.25, 0.3) is 0 Å². The van der Waals surface area contributed by atoms with Crippen LogP contribution < -0.4 is 0 Å². The number of hydrogen-bond donors (Lipinski definition) is 0. The first-order valence-corrected chi connectivity index (χ1v) is 5.56. The van der Waals surface area contributed by atoms with Crippen LogP contribution in [0, 0.1) is 13.8 Å². The molecule has 0 amide bonds. The molecule has 1 aromatic rings. The van der Waals surface area contributed by atoms with Crippen molar-refractivity contribution in [3.05, 3.63) is 34.9 Å². The summed E-state index contributed by atoms with van der Waals surface area (Å²) >= 11 is 5.06. The highest BCUT2D eigenvalue weighted by molar-refractivity contribution is 7.80. The second kappa shape index (κ2) is 5.26. The third-order valence-electron chi connectivity index (χ3n) is 2.57. The zero-order chi connectivity index (χ0) is 10.6. The molecular weight excluding hydrogens is 188 g/mol. The molecule has 0 bridgehead atoms. The van der Waals surface area contributed by atoms with Crippen LogP contribution in [0.15, 0.2) is 18.2 Å². The molecule has 0 heterocycles. The van der Waals surface area contributed by atoms with Gasteiger partial charge in [0.15, 0.2) is 0 Å². The summed E-state index contributed by atoms with van der Waals surface area (Å²) in [5.74, 6) is 0. The molecule has 0 aliphatic heterocycles. The van der Waals surface area contributed by atoms with Gasteiger partial charge in [0.05, 0.1) is 0 Å². The van der Waals surface area contributed by atoms with Crippen LogP contribution in [0.1, 0.15) is 36.5 Å². The largest absolute Gasteiger partial charge is 0.0900 e. The van der Waals surface area contributed by atoms with E-state index in [0.717, 1.165) is 17.7 Å². The Morgan fingerprint density at radius 2 is 1.93 bits per heavy atom. The van der Waals surface area contributed by atoms with Crippen LogP contribution in [-0.4, -0.2) is 4.86 Å². The maximum atomic E-state index is 5.06. The lowest BCUT2D eigenvalue weighted by Gasteiger charge is -2.04. The maximum absolute atomic E-state index is 5.06. The molecule has 0 radical (unpaired) electrons. The fourth-order valence-corrected chi connectivity index (χ4v) is 1.64. The average molecular weight is 206 g/mol. The van der Waals surface area contributed by atoms with Crippen molar-refractivity contribution >= 4 is 17.1 Å². The molecule has 0 fully saturated rings. The van der Waals surface area contributed by atoms with Crippen LogP contribution in [0.5, 0.6) is 0 Å². The van der Waals surface area contributed by atoms with E-state index in [1.54, 1.807) is 0 Å². The van der Waals surface area contributed by atoms with Crippen LogP contribution in [0.2, 0.25) is 0 Å². The molecule has 1 aromatic carbocycles. The monoisotopic (exact) mass is 206 g/mol. The van der Waals surface area contributed by atoms with Crippen molar-refractivity contribution in [2.24, 2.45) is 0 Å². The SMILES string of the molecule is CC(=S)CCCc1ccc(C)c(C)c1. The Morgan fingerprint density at radius 3 is 2.50 bits per heavy atom. The molecule has 0 aromatic heterocycles. The van der Waals surface area contributed by atoms with Gasteiger partial charge in [0.2, 0.25) is 0 Å². The van der Waals surface area contributed by atoms with Gasteiger partial charge in [0.1, 0.15) is 0 Å². The van der Waals surface area contributed by atoms with Crippen molar-refractivity contribution in [1.29, 1.82) is 0 Å². The topological polar surface area (TPSA) is 0 Å². The molecule has 76 valence electrons. The van der Waals surface area contributed by atoms with Crippen LogP contribution in [0.4, 0.5) is 0 Å². The highest BCUT2D eigenvalue weighted by Crippen LogP contribution is 2.12. The minimum atomic E-state index is 1.07. The first-order valence-electron chi connectivity index (χ1n) is 5.15. The van der Waals surface area contributed by atoms with Crippen molar-refractivity contribution in [1.82, 2.24) is 0 Å². The van der Waals surface area contributed by atoms with Gasteiger partial charge >= 0.3 is 0 Å². The molecule has 14 heavy (non-hydrogen) atoms. The molecule has 0 aliphatic carbocycles. The quantitative estimate of drug-likeness (QED) is 0.671. The van der Waals surface area contributed by atoms with Gasteiger partial charge in [-0.1, -0.05) is 30.4 Å². The molecular formula is C13H18S. The Morgan fingerprint density at radius 1 is 1.21 bits per heavy atom. The Bertz CT molecular complexity index is 326. The predicted octanol–water partition coefficient (Wildman–Crippen LogP) is 4.02. The summed E-state index contributed by atoms with van der Waals surface area (Å²) in [6, 6.07) is 6.71. The smallest absolute Gasteiger partial charge is 0.0102 e. The molecule has 0 aliphatic rings. The maximum Gasteiger partial charge on any atom is -0.0102 e. The number of aryl methyl sites for hydroxylation is 3. The molecule has 0 N–H and O–H groups in total. The fourth-order valence-electron chi connectivity index (χ4n) is 1.50. The Labute approximate surface area is 92.3 Å². The summed E-state index contributed by atoms with van der Waals surface area (Å²) in [4.78, 5) is 1.12. The van der Waals surface area contributed by atoms with E-state index < -0.39 is 0 Å². The predicted molar refractivity (Wildman–Crippen MR) is 67.1 cm³/mol. The minimum Gasteiger partial charge on any atom is -0.0900 e. The van der Waals surface area contributed by atoms with Crippen molar-refractivity contribution in [3.8, 4) is 0 Å². The van der Waals surface area contributed by atoms with Crippen molar-refractivity contribution in [3.63, 3.8) is 0 Å². The number of hydrogen-bond acceptors (Lipinski definition) is 1. The zero-order valence-electron chi connectivity index (χ0n) is 9.26. The van der Waals surface area contributed by atoms with Crippen molar-refractivity contribution in [2.45, 2.75) is 40.0 Å². The van der Waals surface area contributed by atoms with Gasteiger partial charge < -0.3 is 0 Å². The number of thiocarbonyl (C=S) groups is 1. The second-order valence-corrected chi connectivity index (χ2v) is 4.67. The standard InChI is InChI=1S/C13H18S/c1-10-7-8-13(9-11(10)2)6-4-5-12(3)14/h7-9H,4-6H2,1-3H3. The second-order valence-electron chi connectivity index (χ2n) is 3.97. The third kappa shape index (κ3) is 3.59. The minimum absolute atomic E-state index is 1.07. The highest BCUT2D eigenvalue weighted by Gasteiger charge is 1.97.